The van der Waals surface area contributed by atoms with Gasteiger partial charge in [0, 0.05) is 30.6 Å². The lowest BCUT2D eigenvalue weighted by atomic mass is 10.0. The molecule has 1 amide bonds. The van der Waals surface area contributed by atoms with Gasteiger partial charge in [0.05, 0.1) is 0 Å². The number of carbonyl (C=O) groups is 1. The Morgan fingerprint density at radius 1 is 1.35 bits per heavy atom. The van der Waals surface area contributed by atoms with Crippen molar-refractivity contribution < 1.29 is 4.79 Å². The second-order valence-corrected chi connectivity index (χ2v) is 4.83. The molecule has 1 fully saturated rings. The second kappa shape index (κ2) is 5.52. The molecule has 2 rings (SSSR count). The van der Waals surface area contributed by atoms with Crippen LogP contribution in [0.25, 0.3) is 0 Å². The quantitative estimate of drug-likeness (QED) is 0.898. The van der Waals surface area contributed by atoms with Gasteiger partial charge in [-0.05, 0) is 24.5 Å². The molecule has 17 heavy (non-hydrogen) atoms. The summed E-state index contributed by atoms with van der Waals surface area (Å²) < 4.78 is 0. The molecule has 0 unspecified atom stereocenters. The van der Waals surface area contributed by atoms with Gasteiger partial charge in [0.2, 0.25) is 5.91 Å². The molecular formula is C13H17ClN2O. The van der Waals surface area contributed by atoms with Crippen LogP contribution in [0.3, 0.4) is 0 Å². The fourth-order valence-electron chi connectivity index (χ4n) is 2.17. The lowest BCUT2D eigenvalue weighted by molar-refractivity contribution is -0.130. The third-order valence-corrected chi connectivity index (χ3v) is 3.50. The number of carbonyl (C=O) groups excluding carboxylic acids is 1. The normalized spacial score (nSPS) is 17.2. The molecule has 0 spiro atoms. The van der Waals surface area contributed by atoms with E-state index in [0.717, 1.165) is 31.5 Å². The first kappa shape index (κ1) is 12.4. The number of rotatable bonds is 3. The Morgan fingerprint density at radius 3 is 2.65 bits per heavy atom. The van der Waals surface area contributed by atoms with Crippen LogP contribution in [0.4, 0.5) is 0 Å². The molecule has 1 atom stereocenters. The predicted octanol–water partition coefficient (Wildman–Crippen LogP) is 2.35. The Kier molecular flexibility index (Phi) is 4.02. The highest BCUT2D eigenvalue weighted by Gasteiger charge is 2.21. The molecule has 3 nitrogen and oxygen atoms in total. The van der Waals surface area contributed by atoms with Crippen molar-refractivity contribution >= 4 is 17.5 Å². The van der Waals surface area contributed by atoms with Gasteiger partial charge in [0.15, 0.2) is 0 Å². The van der Waals surface area contributed by atoms with Gasteiger partial charge in [-0.25, -0.2) is 0 Å². The van der Waals surface area contributed by atoms with E-state index in [1.807, 2.05) is 23.1 Å². The maximum atomic E-state index is 11.9. The van der Waals surface area contributed by atoms with Crippen LogP contribution in [0.5, 0.6) is 0 Å². The molecule has 1 aliphatic rings. The van der Waals surface area contributed by atoms with E-state index >= 15 is 0 Å². The van der Waals surface area contributed by atoms with E-state index in [-0.39, 0.29) is 11.9 Å². The van der Waals surface area contributed by atoms with E-state index in [1.54, 1.807) is 6.07 Å². The van der Waals surface area contributed by atoms with E-state index in [1.165, 1.54) is 0 Å². The van der Waals surface area contributed by atoms with Gasteiger partial charge in [0.1, 0.15) is 0 Å². The molecule has 1 aliphatic heterocycles. The van der Waals surface area contributed by atoms with Crippen molar-refractivity contribution in [3.63, 3.8) is 0 Å². The Balaban J connectivity index is 1.99. The molecule has 1 aromatic rings. The van der Waals surface area contributed by atoms with Crippen LogP contribution in [0, 0.1) is 0 Å². The minimum atomic E-state index is -0.309. The fourth-order valence-corrected chi connectivity index (χ4v) is 2.45. The summed E-state index contributed by atoms with van der Waals surface area (Å²) in [6.07, 6.45) is 2.55. The van der Waals surface area contributed by atoms with Gasteiger partial charge in [-0.2, -0.15) is 0 Å². The van der Waals surface area contributed by atoms with Gasteiger partial charge in [-0.15, -0.1) is 0 Å². The molecule has 0 aromatic heterocycles. The standard InChI is InChI=1S/C13H17ClN2O/c14-11-6-2-1-5-10(11)12(15)9-13(17)16-7-3-4-8-16/h1-2,5-6,12H,3-4,7-9,15H2/t12-/m0/s1. The van der Waals surface area contributed by atoms with E-state index in [2.05, 4.69) is 0 Å². The first-order valence-electron chi connectivity index (χ1n) is 5.96. The molecule has 0 aliphatic carbocycles. The van der Waals surface area contributed by atoms with E-state index in [0.29, 0.717) is 11.4 Å². The van der Waals surface area contributed by atoms with Crippen molar-refractivity contribution in [3.05, 3.63) is 34.9 Å². The minimum absolute atomic E-state index is 0.134. The van der Waals surface area contributed by atoms with Crippen LogP contribution in [0.15, 0.2) is 24.3 Å². The SMILES string of the molecule is N[C@@H](CC(=O)N1CCCC1)c1ccccc1Cl. The first-order chi connectivity index (χ1) is 8.18. The molecule has 0 saturated carbocycles. The monoisotopic (exact) mass is 252 g/mol. The number of hydrogen-bond acceptors (Lipinski definition) is 2. The maximum absolute atomic E-state index is 11.9. The van der Waals surface area contributed by atoms with Crippen molar-refractivity contribution in [2.24, 2.45) is 5.73 Å². The summed E-state index contributed by atoms with van der Waals surface area (Å²) in [5.41, 5.74) is 6.88. The highest BCUT2D eigenvalue weighted by Crippen LogP contribution is 2.24. The lowest BCUT2D eigenvalue weighted by Crippen LogP contribution is -2.30. The summed E-state index contributed by atoms with van der Waals surface area (Å²) in [5, 5.41) is 0.634. The Hall–Kier alpha value is -1.06. The second-order valence-electron chi connectivity index (χ2n) is 4.42. The summed E-state index contributed by atoms with van der Waals surface area (Å²) in [5.74, 6) is 0.134. The summed E-state index contributed by atoms with van der Waals surface area (Å²) in [6.45, 7) is 1.74. The van der Waals surface area contributed by atoms with Gasteiger partial charge in [0.25, 0.3) is 0 Å². The summed E-state index contributed by atoms with van der Waals surface area (Å²) in [4.78, 5) is 13.8. The van der Waals surface area contributed by atoms with Gasteiger partial charge in [-0.3, -0.25) is 4.79 Å². The summed E-state index contributed by atoms with van der Waals surface area (Å²) in [7, 11) is 0. The average molecular weight is 253 g/mol. The molecule has 1 aromatic carbocycles. The number of nitrogens with two attached hydrogens (primary N) is 1. The zero-order chi connectivity index (χ0) is 12.3. The van der Waals surface area contributed by atoms with Crippen molar-refractivity contribution in [1.29, 1.82) is 0 Å². The predicted molar refractivity (Wildman–Crippen MR) is 68.8 cm³/mol. The zero-order valence-electron chi connectivity index (χ0n) is 9.73. The highest BCUT2D eigenvalue weighted by molar-refractivity contribution is 6.31. The van der Waals surface area contributed by atoms with Crippen LogP contribution in [-0.2, 0) is 4.79 Å². The van der Waals surface area contributed by atoms with Crippen molar-refractivity contribution in [1.82, 2.24) is 4.90 Å². The third-order valence-electron chi connectivity index (χ3n) is 3.16. The van der Waals surface area contributed by atoms with Gasteiger partial charge >= 0.3 is 0 Å². The van der Waals surface area contributed by atoms with Crippen molar-refractivity contribution in [2.75, 3.05) is 13.1 Å². The number of amides is 1. The summed E-state index contributed by atoms with van der Waals surface area (Å²) in [6, 6.07) is 7.13. The zero-order valence-corrected chi connectivity index (χ0v) is 10.5. The fraction of sp³-hybridized carbons (Fsp3) is 0.462. The van der Waals surface area contributed by atoms with Crippen LogP contribution < -0.4 is 5.73 Å². The highest BCUT2D eigenvalue weighted by atomic mass is 35.5. The molecule has 0 radical (unpaired) electrons. The molecule has 92 valence electrons. The minimum Gasteiger partial charge on any atom is -0.343 e. The van der Waals surface area contributed by atoms with Gasteiger partial charge in [-0.1, -0.05) is 29.8 Å². The number of benzene rings is 1. The van der Waals surface area contributed by atoms with E-state index in [9.17, 15) is 4.79 Å². The largest absolute Gasteiger partial charge is 0.343 e. The molecule has 0 bridgehead atoms. The smallest absolute Gasteiger partial charge is 0.224 e. The van der Waals surface area contributed by atoms with Crippen LogP contribution in [0.2, 0.25) is 5.02 Å². The maximum Gasteiger partial charge on any atom is 0.224 e. The molecule has 2 N–H and O–H groups in total. The van der Waals surface area contributed by atoms with Crippen LogP contribution in [-0.4, -0.2) is 23.9 Å². The number of likely N-dealkylation sites (tertiary alicyclic amines) is 1. The first-order valence-corrected chi connectivity index (χ1v) is 6.34. The Bertz CT molecular complexity index is 402. The molecular weight excluding hydrogens is 236 g/mol. The van der Waals surface area contributed by atoms with E-state index in [4.69, 9.17) is 17.3 Å². The summed E-state index contributed by atoms with van der Waals surface area (Å²) >= 11 is 6.06. The third kappa shape index (κ3) is 2.99. The molecule has 1 heterocycles. The van der Waals surface area contributed by atoms with Crippen molar-refractivity contribution in [3.8, 4) is 0 Å². The molecule has 4 heteroatoms. The average Bonchev–Trinajstić information content (AvgIpc) is 2.82. The van der Waals surface area contributed by atoms with Gasteiger partial charge < -0.3 is 10.6 Å². The van der Waals surface area contributed by atoms with E-state index < -0.39 is 0 Å². The van der Waals surface area contributed by atoms with Crippen molar-refractivity contribution in [2.45, 2.75) is 25.3 Å². The van der Waals surface area contributed by atoms with Crippen LogP contribution in [0.1, 0.15) is 30.9 Å². The number of nitrogens with zero attached hydrogens (tertiary/aromatic N) is 1. The number of halogens is 1. The lowest BCUT2D eigenvalue weighted by Gasteiger charge is -2.19. The topological polar surface area (TPSA) is 46.3 Å². The Labute approximate surface area is 107 Å². The Morgan fingerprint density at radius 2 is 2.00 bits per heavy atom. The van der Waals surface area contributed by atoms with Crippen LogP contribution >= 0.6 is 11.6 Å². The number of hydrogen-bond donors (Lipinski definition) is 1. The molecule has 1 saturated heterocycles.